The van der Waals surface area contributed by atoms with Crippen LogP contribution in [-0.2, 0) is 4.79 Å². The molecule has 0 spiro atoms. The molecule has 1 aromatic heterocycles. The maximum atomic E-state index is 12.9. The molecule has 2 amide bonds. The van der Waals surface area contributed by atoms with E-state index >= 15 is 0 Å². The van der Waals surface area contributed by atoms with Crippen LogP contribution in [0.5, 0.6) is 0 Å². The molecule has 0 radical (unpaired) electrons. The minimum atomic E-state index is -0.0767. The van der Waals surface area contributed by atoms with Crippen LogP contribution >= 0.6 is 22.9 Å². The number of para-hydroxylation sites is 1. The first kappa shape index (κ1) is 18.0. The summed E-state index contributed by atoms with van der Waals surface area (Å²) in [6.45, 7) is 1.13. The number of thiophene rings is 1. The van der Waals surface area contributed by atoms with Crippen LogP contribution < -0.4 is 5.32 Å². The number of benzene rings is 2. The second-order valence-corrected chi connectivity index (χ2v) is 8.09. The number of hydrogen-bond acceptors (Lipinski definition) is 3. The van der Waals surface area contributed by atoms with Crippen molar-refractivity contribution >= 4 is 50.5 Å². The summed E-state index contributed by atoms with van der Waals surface area (Å²) in [4.78, 5) is 27.8. The van der Waals surface area contributed by atoms with Gasteiger partial charge in [0, 0.05) is 34.8 Å². The second kappa shape index (κ2) is 7.71. The Labute approximate surface area is 166 Å². The Hall–Kier alpha value is -2.37. The van der Waals surface area contributed by atoms with Gasteiger partial charge in [0.1, 0.15) is 4.88 Å². The van der Waals surface area contributed by atoms with Crippen LogP contribution in [0.4, 0.5) is 5.69 Å². The topological polar surface area (TPSA) is 49.4 Å². The van der Waals surface area contributed by atoms with Gasteiger partial charge in [-0.15, -0.1) is 11.3 Å². The molecule has 4 nitrogen and oxygen atoms in total. The van der Waals surface area contributed by atoms with E-state index in [1.54, 1.807) is 0 Å². The quantitative estimate of drug-likeness (QED) is 0.671. The molecule has 6 heteroatoms. The van der Waals surface area contributed by atoms with Crippen LogP contribution in [0.25, 0.3) is 10.1 Å². The predicted octanol–water partition coefficient (Wildman–Crippen LogP) is 5.05. The van der Waals surface area contributed by atoms with Crippen molar-refractivity contribution in [3.05, 3.63) is 64.5 Å². The lowest BCUT2D eigenvalue weighted by molar-refractivity contribution is -0.121. The average molecular weight is 399 g/mol. The molecule has 1 fully saturated rings. The fraction of sp³-hybridized carbons (Fsp3) is 0.238. The minimum Gasteiger partial charge on any atom is -0.338 e. The van der Waals surface area contributed by atoms with Gasteiger partial charge in [-0.3, -0.25) is 9.59 Å². The number of anilines is 1. The van der Waals surface area contributed by atoms with Crippen molar-refractivity contribution in [1.82, 2.24) is 4.90 Å². The van der Waals surface area contributed by atoms with Gasteiger partial charge in [0.2, 0.25) is 5.91 Å². The van der Waals surface area contributed by atoms with Gasteiger partial charge < -0.3 is 10.2 Å². The monoisotopic (exact) mass is 398 g/mol. The van der Waals surface area contributed by atoms with Crippen LogP contribution in [-0.4, -0.2) is 29.8 Å². The van der Waals surface area contributed by atoms with Gasteiger partial charge in [-0.2, -0.15) is 0 Å². The van der Waals surface area contributed by atoms with Gasteiger partial charge in [0.05, 0.1) is 5.02 Å². The number of hydrogen-bond donors (Lipinski definition) is 1. The predicted molar refractivity (Wildman–Crippen MR) is 111 cm³/mol. The largest absolute Gasteiger partial charge is 0.338 e. The van der Waals surface area contributed by atoms with Crippen LogP contribution in [0.1, 0.15) is 22.5 Å². The molecule has 0 unspecified atom stereocenters. The molecule has 1 N–H and O–H groups in total. The van der Waals surface area contributed by atoms with Crippen LogP contribution in [0.3, 0.4) is 0 Å². The van der Waals surface area contributed by atoms with Gasteiger partial charge >= 0.3 is 0 Å². The van der Waals surface area contributed by atoms with Crippen molar-refractivity contribution in [2.45, 2.75) is 12.8 Å². The van der Waals surface area contributed by atoms with E-state index in [0.717, 1.165) is 15.8 Å². The molecule has 0 atom stereocenters. The van der Waals surface area contributed by atoms with Crippen molar-refractivity contribution in [3.8, 4) is 0 Å². The van der Waals surface area contributed by atoms with E-state index < -0.39 is 0 Å². The third kappa shape index (κ3) is 3.70. The maximum absolute atomic E-state index is 12.9. The molecule has 0 saturated carbocycles. The number of halogens is 1. The highest BCUT2D eigenvalue weighted by Crippen LogP contribution is 2.36. The SMILES string of the molecule is O=C(Nc1ccccc1)C1CCN(C(=O)c2sc3ccccc3c2Cl)CC1. The highest BCUT2D eigenvalue weighted by Gasteiger charge is 2.29. The highest BCUT2D eigenvalue weighted by atomic mass is 35.5. The van der Waals surface area contributed by atoms with Crippen molar-refractivity contribution < 1.29 is 9.59 Å². The van der Waals surface area contributed by atoms with Crippen LogP contribution in [0.15, 0.2) is 54.6 Å². The van der Waals surface area contributed by atoms with E-state index in [1.807, 2.05) is 59.5 Å². The Morgan fingerprint density at radius 1 is 1.00 bits per heavy atom. The van der Waals surface area contributed by atoms with Gasteiger partial charge in [-0.25, -0.2) is 0 Å². The molecular weight excluding hydrogens is 380 g/mol. The van der Waals surface area contributed by atoms with Gasteiger partial charge in [0.15, 0.2) is 0 Å². The number of nitrogens with zero attached hydrogens (tertiary/aromatic N) is 1. The number of fused-ring (bicyclic) bond motifs is 1. The van der Waals surface area contributed by atoms with Crippen molar-refractivity contribution in [2.75, 3.05) is 18.4 Å². The van der Waals surface area contributed by atoms with E-state index in [-0.39, 0.29) is 17.7 Å². The lowest BCUT2D eigenvalue weighted by atomic mass is 9.95. The Bertz CT molecular complexity index is 978. The molecule has 3 aromatic rings. The van der Waals surface area contributed by atoms with Gasteiger partial charge in [-0.05, 0) is 31.0 Å². The fourth-order valence-electron chi connectivity index (χ4n) is 3.41. The zero-order valence-corrected chi connectivity index (χ0v) is 16.2. The molecule has 0 aliphatic carbocycles. The summed E-state index contributed by atoms with van der Waals surface area (Å²) in [5, 5.41) is 4.41. The molecule has 1 aliphatic heterocycles. The lowest BCUT2D eigenvalue weighted by Crippen LogP contribution is -2.41. The number of rotatable bonds is 3. The number of amides is 2. The molecule has 1 saturated heterocycles. The summed E-state index contributed by atoms with van der Waals surface area (Å²) >= 11 is 7.87. The first-order valence-corrected chi connectivity index (χ1v) is 10.1. The molecule has 2 heterocycles. The smallest absolute Gasteiger partial charge is 0.265 e. The summed E-state index contributed by atoms with van der Waals surface area (Å²) < 4.78 is 1.02. The molecular formula is C21H19ClN2O2S. The van der Waals surface area contributed by atoms with Crippen molar-refractivity contribution in [2.24, 2.45) is 5.92 Å². The van der Waals surface area contributed by atoms with E-state index in [4.69, 9.17) is 11.6 Å². The Balaban J connectivity index is 1.40. The van der Waals surface area contributed by atoms with Gasteiger partial charge in [0.25, 0.3) is 5.91 Å². The fourth-order valence-corrected chi connectivity index (χ4v) is 4.89. The number of carbonyl (C=O) groups is 2. The highest BCUT2D eigenvalue weighted by molar-refractivity contribution is 7.21. The summed E-state index contributed by atoms with van der Waals surface area (Å²) in [6.07, 6.45) is 1.32. The molecule has 27 heavy (non-hydrogen) atoms. The lowest BCUT2D eigenvalue weighted by Gasteiger charge is -2.31. The summed E-state index contributed by atoms with van der Waals surface area (Å²) in [6, 6.07) is 17.2. The normalized spacial score (nSPS) is 15.1. The molecule has 1 aliphatic rings. The number of likely N-dealkylation sites (tertiary alicyclic amines) is 1. The van der Waals surface area contributed by atoms with Crippen molar-refractivity contribution in [3.63, 3.8) is 0 Å². The molecule has 138 valence electrons. The molecule has 4 rings (SSSR count). The molecule has 0 bridgehead atoms. The van der Waals surface area contributed by atoms with Crippen LogP contribution in [0, 0.1) is 5.92 Å². The van der Waals surface area contributed by atoms with Gasteiger partial charge in [-0.1, -0.05) is 48.0 Å². The third-order valence-corrected chi connectivity index (χ3v) is 6.59. The zero-order valence-electron chi connectivity index (χ0n) is 14.7. The first-order valence-electron chi connectivity index (χ1n) is 8.95. The van der Waals surface area contributed by atoms with Crippen molar-refractivity contribution in [1.29, 1.82) is 0 Å². The summed E-state index contributed by atoms with van der Waals surface area (Å²) in [7, 11) is 0. The van der Waals surface area contributed by atoms with Crippen LogP contribution in [0.2, 0.25) is 5.02 Å². The standard InChI is InChI=1S/C21H19ClN2O2S/c22-18-16-8-4-5-9-17(16)27-19(18)21(26)24-12-10-14(11-13-24)20(25)23-15-6-2-1-3-7-15/h1-9,14H,10-13H2,(H,23,25). The first-order chi connectivity index (χ1) is 13.1. The summed E-state index contributed by atoms with van der Waals surface area (Å²) in [5.41, 5.74) is 0.804. The Morgan fingerprint density at radius 2 is 1.67 bits per heavy atom. The average Bonchev–Trinajstić information content (AvgIpc) is 3.05. The third-order valence-electron chi connectivity index (χ3n) is 4.92. The zero-order chi connectivity index (χ0) is 18.8. The second-order valence-electron chi connectivity index (χ2n) is 6.66. The summed E-state index contributed by atoms with van der Waals surface area (Å²) in [5.74, 6) is -0.0940. The Morgan fingerprint density at radius 3 is 2.37 bits per heavy atom. The number of nitrogens with one attached hydrogen (secondary N) is 1. The van der Waals surface area contributed by atoms with E-state index in [0.29, 0.717) is 35.8 Å². The van der Waals surface area contributed by atoms with E-state index in [1.165, 1.54) is 11.3 Å². The maximum Gasteiger partial charge on any atom is 0.265 e. The number of carbonyl (C=O) groups excluding carboxylic acids is 2. The number of piperidine rings is 1. The van der Waals surface area contributed by atoms with E-state index in [9.17, 15) is 9.59 Å². The minimum absolute atomic E-state index is 0.0215. The molecule has 2 aromatic carbocycles. The van der Waals surface area contributed by atoms with E-state index in [2.05, 4.69) is 5.32 Å². The Kier molecular flexibility index (Phi) is 5.14.